The first-order chi connectivity index (χ1) is 8.98. The predicted molar refractivity (Wildman–Crippen MR) is 79.7 cm³/mol. The first-order valence-electron chi connectivity index (χ1n) is 5.82. The summed E-state index contributed by atoms with van der Waals surface area (Å²) in [5.41, 5.74) is -0.338. The molecule has 0 atom stereocenters. The Hall–Kier alpha value is -0.820. The molecule has 0 bridgehead atoms. The Bertz CT molecular complexity index is 642. The number of nitrogens with one attached hydrogen (secondary N) is 1. The highest BCUT2D eigenvalue weighted by atomic mass is 35.5. The minimum atomic E-state index is -4.06. The van der Waals surface area contributed by atoms with E-state index in [1.54, 1.807) is 0 Å². The number of halogens is 2. The third-order valence-corrected chi connectivity index (χ3v) is 4.75. The van der Waals surface area contributed by atoms with E-state index in [1.807, 2.05) is 20.8 Å². The molecule has 5 nitrogen and oxygen atoms in total. The fourth-order valence-corrected chi connectivity index (χ4v) is 2.73. The topological polar surface area (TPSA) is 89.3 Å². The highest BCUT2D eigenvalue weighted by molar-refractivity contribution is 7.89. The van der Waals surface area contributed by atoms with Crippen molar-refractivity contribution in [3.8, 4) is 0 Å². The number of sulfonamides is 1. The average Bonchev–Trinajstić information content (AvgIpc) is 2.30. The minimum Gasteiger partial charge on any atom is -0.347 e. The van der Waals surface area contributed by atoms with Crippen LogP contribution in [0, 0.1) is 0 Å². The summed E-state index contributed by atoms with van der Waals surface area (Å²) in [6, 6.07) is 2.42. The van der Waals surface area contributed by atoms with E-state index in [-0.39, 0.29) is 20.5 Å². The Kier molecular flexibility index (Phi) is 5.08. The van der Waals surface area contributed by atoms with Crippen LogP contribution in [-0.2, 0) is 10.0 Å². The van der Waals surface area contributed by atoms with Gasteiger partial charge in [-0.1, -0.05) is 30.1 Å². The summed E-state index contributed by atoms with van der Waals surface area (Å²) in [6.07, 6.45) is 0.710. The number of carbonyl (C=O) groups excluding carboxylic acids is 1. The lowest BCUT2D eigenvalue weighted by Gasteiger charge is -2.24. The highest BCUT2D eigenvalue weighted by Gasteiger charge is 2.23. The first kappa shape index (κ1) is 17.2. The zero-order valence-electron chi connectivity index (χ0n) is 11.3. The standard InChI is InChI=1S/C12H16Cl2N2O3S/c1-4-12(2,3)16-11(17)7-5-8(13)10(14)9(6-7)20(15,18)19/h5-6H,4H2,1-3H3,(H,16,17)(H2,15,18,19). The molecule has 0 aliphatic rings. The molecule has 1 rings (SSSR count). The third-order valence-electron chi connectivity index (χ3n) is 2.90. The number of rotatable bonds is 4. The van der Waals surface area contributed by atoms with Crippen LogP contribution in [0.25, 0.3) is 0 Å². The van der Waals surface area contributed by atoms with E-state index in [1.165, 1.54) is 6.07 Å². The Morgan fingerprint density at radius 3 is 2.35 bits per heavy atom. The fourth-order valence-electron chi connectivity index (χ4n) is 1.37. The maximum absolute atomic E-state index is 12.1. The Morgan fingerprint density at radius 2 is 1.90 bits per heavy atom. The second-order valence-corrected chi connectivity index (χ2v) is 7.32. The van der Waals surface area contributed by atoms with Gasteiger partial charge in [-0.3, -0.25) is 4.79 Å². The van der Waals surface area contributed by atoms with Crippen molar-refractivity contribution < 1.29 is 13.2 Å². The number of benzene rings is 1. The van der Waals surface area contributed by atoms with Crippen LogP contribution in [0.3, 0.4) is 0 Å². The summed E-state index contributed by atoms with van der Waals surface area (Å²) >= 11 is 11.6. The van der Waals surface area contributed by atoms with Crippen LogP contribution in [0.4, 0.5) is 0 Å². The van der Waals surface area contributed by atoms with Crippen LogP contribution in [0.5, 0.6) is 0 Å². The van der Waals surface area contributed by atoms with Crippen LogP contribution in [-0.4, -0.2) is 19.9 Å². The zero-order chi connectivity index (χ0) is 15.7. The van der Waals surface area contributed by atoms with Crippen molar-refractivity contribution in [1.29, 1.82) is 0 Å². The number of carbonyl (C=O) groups is 1. The highest BCUT2D eigenvalue weighted by Crippen LogP contribution is 2.30. The molecule has 0 radical (unpaired) electrons. The van der Waals surface area contributed by atoms with Crippen molar-refractivity contribution in [2.75, 3.05) is 0 Å². The van der Waals surface area contributed by atoms with Gasteiger partial charge in [-0.2, -0.15) is 0 Å². The molecule has 112 valence electrons. The van der Waals surface area contributed by atoms with Gasteiger partial charge in [-0.05, 0) is 32.4 Å². The molecule has 0 unspecified atom stereocenters. The third kappa shape index (κ3) is 4.09. The lowest BCUT2D eigenvalue weighted by Crippen LogP contribution is -2.42. The van der Waals surface area contributed by atoms with Crippen molar-refractivity contribution in [3.05, 3.63) is 27.7 Å². The van der Waals surface area contributed by atoms with E-state index < -0.39 is 21.5 Å². The van der Waals surface area contributed by atoms with Gasteiger partial charge in [-0.25, -0.2) is 13.6 Å². The Balaban J connectivity index is 3.28. The van der Waals surface area contributed by atoms with Crippen molar-refractivity contribution in [2.24, 2.45) is 5.14 Å². The maximum Gasteiger partial charge on any atom is 0.251 e. The lowest BCUT2D eigenvalue weighted by atomic mass is 10.0. The second-order valence-electron chi connectivity index (χ2n) is 5.01. The second kappa shape index (κ2) is 5.89. The molecule has 20 heavy (non-hydrogen) atoms. The SMILES string of the molecule is CCC(C)(C)NC(=O)c1cc(Cl)c(Cl)c(S(N)(=O)=O)c1. The lowest BCUT2D eigenvalue weighted by molar-refractivity contribution is 0.0911. The predicted octanol–water partition coefficient (Wildman–Crippen LogP) is 2.56. The largest absolute Gasteiger partial charge is 0.347 e. The van der Waals surface area contributed by atoms with Gasteiger partial charge in [0.1, 0.15) is 4.90 Å². The number of amides is 1. The smallest absolute Gasteiger partial charge is 0.251 e. The van der Waals surface area contributed by atoms with E-state index in [4.69, 9.17) is 28.3 Å². The number of nitrogens with two attached hydrogens (primary N) is 1. The van der Waals surface area contributed by atoms with Gasteiger partial charge in [-0.15, -0.1) is 0 Å². The molecule has 0 aliphatic carbocycles. The van der Waals surface area contributed by atoms with Gasteiger partial charge in [0.15, 0.2) is 0 Å². The number of hydrogen-bond donors (Lipinski definition) is 2. The summed E-state index contributed by atoms with van der Waals surface area (Å²) in [5.74, 6) is -0.444. The van der Waals surface area contributed by atoms with Gasteiger partial charge >= 0.3 is 0 Å². The van der Waals surface area contributed by atoms with Crippen LogP contribution < -0.4 is 10.5 Å². The van der Waals surface area contributed by atoms with E-state index in [2.05, 4.69) is 5.32 Å². The molecule has 3 N–H and O–H groups in total. The van der Waals surface area contributed by atoms with Crippen LogP contribution in [0.15, 0.2) is 17.0 Å². The molecular formula is C12H16Cl2N2O3S. The minimum absolute atomic E-state index is 0.0438. The molecule has 0 saturated carbocycles. The summed E-state index contributed by atoms with van der Waals surface area (Å²) in [4.78, 5) is 11.7. The van der Waals surface area contributed by atoms with E-state index >= 15 is 0 Å². The van der Waals surface area contributed by atoms with E-state index in [0.717, 1.165) is 6.07 Å². The fraction of sp³-hybridized carbons (Fsp3) is 0.417. The molecule has 1 aromatic carbocycles. The van der Waals surface area contributed by atoms with E-state index in [0.29, 0.717) is 6.42 Å². The summed E-state index contributed by atoms with van der Waals surface area (Å²) in [7, 11) is -4.06. The van der Waals surface area contributed by atoms with Gasteiger partial charge < -0.3 is 5.32 Å². The average molecular weight is 339 g/mol. The molecule has 0 spiro atoms. The molecule has 0 saturated heterocycles. The Labute approximate surface area is 128 Å². The van der Waals surface area contributed by atoms with Gasteiger partial charge in [0.2, 0.25) is 10.0 Å². The monoisotopic (exact) mass is 338 g/mol. The molecular weight excluding hydrogens is 323 g/mol. The molecule has 8 heteroatoms. The van der Waals surface area contributed by atoms with Gasteiger partial charge in [0.05, 0.1) is 10.0 Å². The van der Waals surface area contributed by atoms with Gasteiger partial charge in [0.25, 0.3) is 5.91 Å². The molecule has 0 aromatic heterocycles. The quantitative estimate of drug-likeness (QED) is 0.883. The molecule has 0 fully saturated rings. The van der Waals surface area contributed by atoms with Crippen LogP contribution in [0.2, 0.25) is 10.0 Å². The van der Waals surface area contributed by atoms with Crippen molar-refractivity contribution >= 4 is 39.1 Å². The normalized spacial score (nSPS) is 12.3. The number of primary sulfonamides is 1. The van der Waals surface area contributed by atoms with Gasteiger partial charge in [0, 0.05) is 11.1 Å². The maximum atomic E-state index is 12.1. The molecule has 1 amide bonds. The summed E-state index contributed by atoms with van der Waals surface area (Å²) < 4.78 is 22.9. The van der Waals surface area contributed by atoms with Crippen molar-refractivity contribution in [2.45, 2.75) is 37.6 Å². The molecule has 0 heterocycles. The van der Waals surface area contributed by atoms with Crippen LogP contribution >= 0.6 is 23.2 Å². The Morgan fingerprint density at radius 1 is 1.35 bits per heavy atom. The van der Waals surface area contributed by atoms with E-state index in [9.17, 15) is 13.2 Å². The van der Waals surface area contributed by atoms with Crippen LogP contribution in [0.1, 0.15) is 37.6 Å². The molecule has 0 aliphatic heterocycles. The zero-order valence-corrected chi connectivity index (χ0v) is 13.7. The first-order valence-corrected chi connectivity index (χ1v) is 8.12. The molecule has 1 aromatic rings. The summed E-state index contributed by atoms with van der Waals surface area (Å²) in [5, 5.41) is 7.58. The summed E-state index contributed by atoms with van der Waals surface area (Å²) in [6.45, 7) is 5.62. The number of hydrogen-bond acceptors (Lipinski definition) is 3. The van der Waals surface area contributed by atoms with Crippen molar-refractivity contribution in [3.63, 3.8) is 0 Å². The van der Waals surface area contributed by atoms with Crippen molar-refractivity contribution in [1.82, 2.24) is 5.32 Å².